The van der Waals surface area contributed by atoms with E-state index in [9.17, 15) is 4.39 Å². The average molecular weight is 361 g/mol. The lowest BCUT2D eigenvalue weighted by Crippen LogP contribution is -1.92. The van der Waals surface area contributed by atoms with Gasteiger partial charge in [0, 0.05) is 4.47 Å². The molecule has 0 heterocycles. The molecule has 5 heteroatoms. The summed E-state index contributed by atoms with van der Waals surface area (Å²) in [6.45, 7) is 0. The van der Waals surface area contributed by atoms with Crippen LogP contribution >= 0.6 is 31.9 Å². The van der Waals surface area contributed by atoms with Crippen LogP contribution in [0.3, 0.4) is 0 Å². The third-order valence-corrected chi connectivity index (χ3v) is 3.20. The van der Waals surface area contributed by atoms with Crippen LogP contribution in [-0.2, 0) is 0 Å². The molecular weight excluding hydrogens is 353 g/mol. The fraction of sp³-hybridized carbons (Fsp3) is 0. The molecule has 88 valence electrons. The third kappa shape index (κ3) is 2.98. The fourth-order valence-electron chi connectivity index (χ4n) is 1.27. The first-order chi connectivity index (χ1) is 8.06. The van der Waals surface area contributed by atoms with Gasteiger partial charge in [0.05, 0.1) is 10.2 Å². The summed E-state index contributed by atoms with van der Waals surface area (Å²) in [6.07, 6.45) is 0. The van der Waals surface area contributed by atoms with Crippen molar-refractivity contribution in [3.05, 3.63) is 51.2 Å². The van der Waals surface area contributed by atoms with Crippen molar-refractivity contribution in [1.82, 2.24) is 0 Å². The van der Waals surface area contributed by atoms with E-state index in [0.717, 1.165) is 4.47 Å². The molecule has 0 fully saturated rings. The summed E-state index contributed by atoms with van der Waals surface area (Å²) in [5.41, 5.74) is 6.30. The van der Waals surface area contributed by atoms with Crippen LogP contribution in [0.25, 0.3) is 0 Å². The minimum atomic E-state index is -0.327. The highest BCUT2D eigenvalue weighted by Crippen LogP contribution is 2.34. The number of benzene rings is 2. The standard InChI is InChI=1S/C12H8Br2FNO/c13-7-1-3-10(16)12(5-7)17-11-4-2-8(15)6-9(11)14/h1-6H,16H2. The van der Waals surface area contributed by atoms with Crippen LogP contribution in [0.4, 0.5) is 10.1 Å². The van der Waals surface area contributed by atoms with E-state index < -0.39 is 0 Å². The zero-order valence-corrected chi connectivity index (χ0v) is 11.8. The number of hydrogen-bond acceptors (Lipinski definition) is 2. The number of rotatable bonds is 2. The Morgan fingerprint density at radius 3 is 2.47 bits per heavy atom. The van der Waals surface area contributed by atoms with E-state index in [1.54, 1.807) is 18.2 Å². The van der Waals surface area contributed by atoms with Crippen LogP contribution in [-0.4, -0.2) is 0 Å². The Kier molecular flexibility index (Phi) is 3.69. The molecule has 0 atom stereocenters. The maximum absolute atomic E-state index is 12.9. The predicted molar refractivity (Wildman–Crippen MR) is 72.7 cm³/mol. The first-order valence-electron chi connectivity index (χ1n) is 4.74. The van der Waals surface area contributed by atoms with Crippen molar-refractivity contribution in [3.63, 3.8) is 0 Å². The number of nitrogen functional groups attached to an aromatic ring is 1. The van der Waals surface area contributed by atoms with Crippen LogP contribution in [0.5, 0.6) is 11.5 Å². The van der Waals surface area contributed by atoms with Gasteiger partial charge in [0.25, 0.3) is 0 Å². The van der Waals surface area contributed by atoms with Crippen molar-refractivity contribution in [2.75, 3.05) is 5.73 Å². The SMILES string of the molecule is Nc1ccc(Br)cc1Oc1ccc(F)cc1Br. The van der Waals surface area contributed by atoms with Gasteiger partial charge >= 0.3 is 0 Å². The van der Waals surface area contributed by atoms with Gasteiger partial charge in [0.1, 0.15) is 11.6 Å². The number of ether oxygens (including phenoxy) is 1. The fourth-order valence-corrected chi connectivity index (χ4v) is 2.04. The number of anilines is 1. The van der Waals surface area contributed by atoms with Crippen LogP contribution in [0.15, 0.2) is 45.3 Å². The molecule has 0 aliphatic heterocycles. The Balaban J connectivity index is 2.34. The molecule has 0 amide bonds. The Hall–Kier alpha value is -1.07. The number of halogens is 3. The molecule has 0 aliphatic carbocycles. The highest BCUT2D eigenvalue weighted by Gasteiger charge is 2.07. The molecule has 2 N–H and O–H groups in total. The van der Waals surface area contributed by atoms with E-state index in [4.69, 9.17) is 10.5 Å². The molecule has 0 aromatic heterocycles. The van der Waals surface area contributed by atoms with E-state index in [2.05, 4.69) is 31.9 Å². The molecule has 0 saturated carbocycles. The van der Waals surface area contributed by atoms with Gasteiger partial charge in [-0.05, 0) is 52.3 Å². The van der Waals surface area contributed by atoms with Crippen LogP contribution in [0, 0.1) is 5.82 Å². The lowest BCUT2D eigenvalue weighted by atomic mass is 10.3. The second-order valence-electron chi connectivity index (χ2n) is 3.36. The third-order valence-electron chi connectivity index (χ3n) is 2.09. The summed E-state index contributed by atoms with van der Waals surface area (Å²) in [5.74, 6) is 0.703. The van der Waals surface area contributed by atoms with Crippen LogP contribution in [0.1, 0.15) is 0 Å². The van der Waals surface area contributed by atoms with Crippen LogP contribution < -0.4 is 10.5 Å². The van der Waals surface area contributed by atoms with Crippen molar-refractivity contribution < 1.29 is 9.13 Å². The molecule has 2 aromatic carbocycles. The molecule has 2 rings (SSSR count). The average Bonchev–Trinajstić information content (AvgIpc) is 2.27. The second kappa shape index (κ2) is 5.06. The summed E-state index contributed by atoms with van der Waals surface area (Å²) >= 11 is 6.56. The largest absolute Gasteiger partial charge is 0.454 e. The van der Waals surface area contributed by atoms with E-state index in [-0.39, 0.29) is 5.82 Å². The molecule has 2 aromatic rings. The van der Waals surface area contributed by atoms with Gasteiger partial charge in [0.2, 0.25) is 0 Å². The van der Waals surface area contributed by atoms with E-state index in [0.29, 0.717) is 21.7 Å². The normalized spacial score (nSPS) is 10.3. The quantitative estimate of drug-likeness (QED) is 0.786. The molecule has 0 saturated heterocycles. The monoisotopic (exact) mass is 359 g/mol. The zero-order chi connectivity index (χ0) is 12.4. The maximum atomic E-state index is 12.9. The summed E-state index contributed by atoms with van der Waals surface area (Å²) in [5, 5.41) is 0. The van der Waals surface area contributed by atoms with Crippen LogP contribution in [0.2, 0.25) is 0 Å². The van der Waals surface area contributed by atoms with Gasteiger partial charge in [-0.25, -0.2) is 4.39 Å². The minimum absolute atomic E-state index is 0.327. The van der Waals surface area contributed by atoms with Gasteiger partial charge in [-0.3, -0.25) is 0 Å². The molecule has 0 radical (unpaired) electrons. The van der Waals surface area contributed by atoms with Crippen molar-refractivity contribution in [2.45, 2.75) is 0 Å². The Labute approximate surface area is 115 Å². The molecular formula is C12H8Br2FNO. The zero-order valence-electron chi connectivity index (χ0n) is 8.58. The Morgan fingerprint density at radius 2 is 1.76 bits per heavy atom. The Morgan fingerprint density at radius 1 is 1.00 bits per heavy atom. The summed E-state index contributed by atoms with van der Waals surface area (Å²) in [7, 11) is 0. The number of hydrogen-bond donors (Lipinski definition) is 1. The highest BCUT2D eigenvalue weighted by molar-refractivity contribution is 9.10. The van der Waals surface area contributed by atoms with Gasteiger partial charge in [-0.1, -0.05) is 15.9 Å². The topological polar surface area (TPSA) is 35.2 Å². The van der Waals surface area contributed by atoms with Gasteiger partial charge in [0.15, 0.2) is 5.75 Å². The predicted octanol–water partition coefficient (Wildman–Crippen LogP) is 4.73. The summed E-state index contributed by atoms with van der Waals surface area (Å²) < 4.78 is 19.9. The van der Waals surface area contributed by atoms with Gasteiger partial charge in [-0.15, -0.1) is 0 Å². The Bertz CT molecular complexity index is 560. The summed E-state index contributed by atoms with van der Waals surface area (Å²) in [4.78, 5) is 0. The maximum Gasteiger partial charge on any atom is 0.151 e. The first-order valence-corrected chi connectivity index (χ1v) is 6.33. The lowest BCUT2D eigenvalue weighted by molar-refractivity contribution is 0.479. The molecule has 17 heavy (non-hydrogen) atoms. The van der Waals surface area contributed by atoms with E-state index >= 15 is 0 Å². The summed E-state index contributed by atoms with van der Waals surface area (Å²) in [6, 6.07) is 9.52. The van der Waals surface area contributed by atoms with Crippen molar-refractivity contribution in [1.29, 1.82) is 0 Å². The molecule has 0 spiro atoms. The number of nitrogens with two attached hydrogens (primary N) is 1. The molecule has 2 nitrogen and oxygen atoms in total. The molecule has 0 aliphatic rings. The van der Waals surface area contributed by atoms with Crippen molar-refractivity contribution in [2.24, 2.45) is 0 Å². The van der Waals surface area contributed by atoms with Gasteiger partial charge < -0.3 is 10.5 Å². The minimum Gasteiger partial charge on any atom is -0.454 e. The smallest absolute Gasteiger partial charge is 0.151 e. The van der Waals surface area contributed by atoms with Crippen molar-refractivity contribution in [3.8, 4) is 11.5 Å². The molecule has 0 unspecified atom stereocenters. The lowest BCUT2D eigenvalue weighted by Gasteiger charge is -2.10. The second-order valence-corrected chi connectivity index (χ2v) is 5.13. The van der Waals surface area contributed by atoms with E-state index in [1.807, 2.05) is 6.07 Å². The van der Waals surface area contributed by atoms with Crippen molar-refractivity contribution >= 4 is 37.5 Å². The van der Waals surface area contributed by atoms with E-state index in [1.165, 1.54) is 12.1 Å². The first kappa shape index (κ1) is 12.4. The molecule has 0 bridgehead atoms. The van der Waals surface area contributed by atoms with Gasteiger partial charge in [-0.2, -0.15) is 0 Å². The highest BCUT2D eigenvalue weighted by atomic mass is 79.9.